The number of nitrogens with one attached hydrogen (secondary N) is 1. The maximum absolute atomic E-state index is 13.2. The lowest BCUT2D eigenvalue weighted by Gasteiger charge is -2.13. The zero-order chi connectivity index (χ0) is 18.0. The molecule has 2 aromatic heterocycles. The average molecular weight is 346 g/mol. The van der Waals surface area contributed by atoms with Crippen LogP contribution in [0, 0.1) is 6.92 Å². The lowest BCUT2D eigenvalue weighted by molar-refractivity contribution is -0.141. The third-order valence-corrected chi connectivity index (χ3v) is 3.44. The first-order valence-electron chi connectivity index (χ1n) is 7.26. The standard InChI is InChI=1S/C17H13F3N4O/c1-10-2-3-12(25)8-13(10)22-15-9-14(17(18,19)20)23-16(24-15)11-4-6-21-7-5-11/h2-9,25H,1H3,(H,22,23,24). The third-order valence-electron chi connectivity index (χ3n) is 3.44. The van der Waals surface area contributed by atoms with Crippen molar-refractivity contribution in [3.05, 3.63) is 60.0 Å². The van der Waals surface area contributed by atoms with Gasteiger partial charge in [-0.25, -0.2) is 9.97 Å². The number of halogens is 3. The van der Waals surface area contributed by atoms with Gasteiger partial charge in [0.1, 0.15) is 11.6 Å². The molecule has 0 saturated carbocycles. The minimum absolute atomic E-state index is 0.00689. The Morgan fingerprint density at radius 3 is 2.40 bits per heavy atom. The van der Waals surface area contributed by atoms with E-state index in [4.69, 9.17) is 0 Å². The quantitative estimate of drug-likeness (QED) is 0.739. The van der Waals surface area contributed by atoms with E-state index in [1.54, 1.807) is 13.0 Å². The smallest absolute Gasteiger partial charge is 0.433 e. The number of phenols is 1. The van der Waals surface area contributed by atoms with Crippen LogP contribution >= 0.6 is 0 Å². The Bertz CT molecular complexity index is 898. The molecule has 5 nitrogen and oxygen atoms in total. The molecule has 1 aromatic carbocycles. The molecule has 2 heterocycles. The molecule has 0 atom stereocenters. The molecule has 0 spiro atoms. The SMILES string of the molecule is Cc1ccc(O)cc1Nc1cc(C(F)(F)F)nc(-c2ccncc2)n1. The minimum atomic E-state index is -4.62. The molecule has 2 N–H and O–H groups in total. The number of phenolic OH excluding ortho intramolecular Hbond substituents is 1. The normalized spacial score (nSPS) is 11.4. The molecule has 0 bridgehead atoms. The Balaban J connectivity index is 2.08. The minimum Gasteiger partial charge on any atom is -0.508 e. The largest absolute Gasteiger partial charge is 0.508 e. The van der Waals surface area contributed by atoms with E-state index in [1.807, 2.05) is 0 Å². The van der Waals surface area contributed by atoms with Crippen molar-refractivity contribution in [2.45, 2.75) is 13.1 Å². The van der Waals surface area contributed by atoms with Gasteiger partial charge in [-0.2, -0.15) is 13.2 Å². The van der Waals surface area contributed by atoms with Gasteiger partial charge in [0.05, 0.1) is 0 Å². The summed E-state index contributed by atoms with van der Waals surface area (Å²) in [5, 5.41) is 12.4. The van der Waals surface area contributed by atoms with E-state index in [-0.39, 0.29) is 17.4 Å². The number of benzene rings is 1. The van der Waals surface area contributed by atoms with E-state index in [2.05, 4.69) is 20.3 Å². The van der Waals surface area contributed by atoms with Crippen LogP contribution in [0.25, 0.3) is 11.4 Å². The first-order valence-corrected chi connectivity index (χ1v) is 7.26. The molecule has 3 rings (SSSR count). The first-order chi connectivity index (χ1) is 11.8. The lowest BCUT2D eigenvalue weighted by Crippen LogP contribution is -2.11. The van der Waals surface area contributed by atoms with Crippen molar-refractivity contribution in [2.24, 2.45) is 0 Å². The van der Waals surface area contributed by atoms with Gasteiger partial charge in [-0.15, -0.1) is 0 Å². The summed E-state index contributed by atoms with van der Waals surface area (Å²) in [6, 6.07) is 8.43. The second-order valence-corrected chi connectivity index (χ2v) is 5.32. The zero-order valence-corrected chi connectivity index (χ0v) is 13.0. The molecule has 0 amide bonds. The highest BCUT2D eigenvalue weighted by Gasteiger charge is 2.34. The van der Waals surface area contributed by atoms with Gasteiger partial charge in [0.2, 0.25) is 0 Å². The van der Waals surface area contributed by atoms with Gasteiger partial charge in [-0.05, 0) is 30.7 Å². The highest BCUT2D eigenvalue weighted by atomic mass is 19.4. The van der Waals surface area contributed by atoms with E-state index in [1.165, 1.54) is 36.7 Å². The first kappa shape index (κ1) is 16.7. The van der Waals surface area contributed by atoms with Crippen molar-refractivity contribution < 1.29 is 18.3 Å². The predicted molar refractivity (Wildman–Crippen MR) is 86.4 cm³/mol. The summed E-state index contributed by atoms with van der Waals surface area (Å²) < 4.78 is 39.5. The third kappa shape index (κ3) is 3.85. The summed E-state index contributed by atoms with van der Waals surface area (Å²) in [6.07, 6.45) is -1.72. The molecule has 0 aliphatic heterocycles. The fraction of sp³-hybridized carbons (Fsp3) is 0.118. The molecule has 25 heavy (non-hydrogen) atoms. The summed E-state index contributed by atoms with van der Waals surface area (Å²) >= 11 is 0. The van der Waals surface area contributed by atoms with Gasteiger partial charge in [-0.1, -0.05) is 6.07 Å². The van der Waals surface area contributed by atoms with Gasteiger partial charge < -0.3 is 10.4 Å². The molecule has 0 unspecified atom stereocenters. The van der Waals surface area contributed by atoms with Gasteiger partial charge >= 0.3 is 6.18 Å². The van der Waals surface area contributed by atoms with Crippen LogP contribution < -0.4 is 5.32 Å². The maximum atomic E-state index is 13.2. The highest BCUT2D eigenvalue weighted by Crippen LogP contribution is 2.32. The van der Waals surface area contributed by atoms with Crippen molar-refractivity contribution >= 4 is 11.5 Å². The van der Waals surface area contributed by atoms with Crippen molar-refractivity contribution in [1.29, 1.82) is 0 Å². The monoisotopic (exact) mass is 346 g/mol. The molecule has 0 saturated heterocycles. The van der Waals surface area contributed by atoms with Crippen LogP contribution in [-0.4, -0.2) is 20.1 Å². The fourth-order valence-electron chi connectivity index (χ4n) is 2.17. The summed E-state index contributed by atoms with van der Waals surface area (Å²) in [6.45, 7) is 1.76. The molecular formula is C17H13F3N4O. The van der Waals surface area contributed by atoms with Crippen LogP contribution in [-0.2, 0) is 6.18 Å². The van der Waals surface area contributed by atoms with Gasteiger partial charge in [0.15, 0.2) is 11.5 Å². The topological polar surface area (TPSA) is 70.9 Å². The molecule has 0 aliphatic carbocycles. The number of rotatable bonds is 3. The summed E-state index contributed by atoms with van der Waals surface area (Å²) in [7, 11) is 0. The second-order valence-electron chi connectivity index (χ2n) is 5.32. The Kier molecular flexibility index (Phi) is 4.26. The van der Waals surface area contributed by atoms with Crippen LogP contribution in [0.2, 0.25) is 0 Å². The number of alkyl halides is 3. The summed E-state index contributed by atoms with van der Waals surface area (Å²) in [5.74, 6) is -0.104. The number of hydrogen-bond donors (Lipinski definition) is 2. The Morgan fingerprint density at radius 2 is 1.72 bits per heavy atom. The van der Waals surface area contributed by atoms with E-state index in [0.717, 1.165) is 11.6 Å². The number of nitrogens with zero attached hydrogens (tertiary/aromatic N) is 3. The number of aryl methyl sites for hydroxylation is 1. The Labute approximate surface area is 141 Å². The van der Waals surface area contributed by atoms with Gasteiger partial charge in [0.25, 0.3) is 0 Å². The average Bonchev–Trinajstić information content (AvgIpc) is 2.58. The van der Waals surface area contributed by atoms with Crippen LogP contribution in [0.3, 0.4) is 0 Å². The second kappa shape index (κ2) is 6.39. The van der Waals surface area contributed by atoms with E-state index in [9.17, 15) is 18.3 Å². The van der Waals surface area contributed by atoms with Crippen LogP contribution in [0.5, 0.6) is 5.75 Å². The number of pyridine rings is 1. The number of aromatic hydroxyl groups is 1. The van der Waals surface area contributed by atoms with Gasteiger partial charge in [-0.3, -0.25) is 4.98 Å². The number of hydrogen-bond acceptors (Lipinski definition) is 5. The Hall–Kier alpha value is -3.16. The summed E-state index contributed by atoms with van der Waals surface area (Å²) in [5.41, 5.74) is 0.550. The fourth-order valence-corrected chi connectivity index (χ4v) is 2.17. The molecule has 8 heteroatoms. The van der Waals surface area contributed by atoms with E-state index >= 15 is 0 Å². The molecular weight excluding hydrogens is 333 g/mol. The molecule has 0 fully saturated rings. The van der Waals surface area contributed by atoms with Crippen molar-refractivity contribution in [3.63, 3.8) is 0 Å². The lowest BCUT2D eigenvalue weighted by atomic mass is 10.2. The van der Waals surface area contributed by atoms with Crippen LogP contribution in [0.4, 0.5) is 24.7 Å². The van der Waals surface area contributed by atoms with Crippen molar-refractivity contribution in [2.75, 3.05) is 5.32 Å². The predicted octanol–water partition coefficient (Wildman–Crippen LogP) is 4.32. The van der Waals surface area contributed by atoms with Crippen LogP contribution in [0.1, 0.15) is 11.3 Å². The van der Waals surface area contributed by atoms with Crippen molar-refractivity contribution in [1.82, 2.24) is 15.0 Å². The van der Waals surface area contributed by atoms with Gasteiger partial charge in [0, 0.05) is 35.8 Å². The van der Waals surface area contributed by atoms with Crippen molar-refractivity contribution in [3.8, 4) is 17.1 Å². The number of aromatic nitrogens is 3. The summed E-state index contributed by atoms with van der Waals surface area (Å²) in [4.78, 5) is 11.6. The van der Waals surface area contributed by atoms with E-state index < -0.39 is 11.9 Å². The highest BCUT2D eigenvalue weighted by molar-refractivity contribution is 5.65. The molecule has 0 aliphatic rings. The maximum Gasteiger partial charge on any atom is 0.433 e. The number of anilines is 2. The molecule has 0 radical (unpaired) electrons. The molecule has 3 aromatic rings. The molecule has 128 valence electrons. The van der Waals surface area contributed by atoms with E-state index in [0.29, 0.717) is 11.3 Å². The van der Waals surface area contributed by atoms with Crippen LogP contribution in [0.15, 0.2) is 48.8 Å². The Morgan fingerprint density at radius 1 is 1.00 bits per heavy atom. The zero-order valence-electron chi connectivity index (χ0n) is 13.0.